The highest BCUT2D eigenvalue weighted by Gasteiger charge is 2.42. The summed E-state index contributed by atoms with van der Waals surface area (Å²) in [6, 6.07) is 5.04. The van der Waals surface area contributed by atoms with Crippen LogP contribution in [0.5, 0.6) is 0 Å². The summed E-state index contributed by atoms with van der Waals surface area (Å²) in [7, 11) is 0. The summed E-state index contributed by atoms with van der Waals surface area (Å²) in [5.41, 5.74) is 0.946. The minimum absolute atomic E-state index is 0. The lowest BCUT2D eigenvalue weighted by molar-refractivity contribution is -0.138. The summed E-state index contributed by atoms with van der Waals surface area (Å²) >= 11 is 0. The first-order valence-corrected chi connectivity index (χ1v) is 13.9. The molecule has 3 aliphatic heterocycles. The molecule has 7 nitrogen and oxygen atoms in total. The molecule has 1 aliphatic carbocycles. The van der Waals surface area contributed by atoms with Crippen LogP contribution in [0, 0.1) is 0 Å². The number of halogens is 4. The average molecular weight is 566 g/mol. The fourth-order valence-corrected chi connectivity index (χ4v) is 6.57. The molecule has 1 aromatic carbocycles. The molecule has 11 heteroatoms. The molecule has 2 unspecified atom stereocenters. The van der Waals surface area contributed by atoms with Crippen molar-refractivity contribution in [1.82, 2.24) is 24.9 Å². The van der Waals surface area contributed by atoms with Crippen molar-refractivity contribution in [2.24, 2.45) is 0 Å². The first-order valence-electron chi connectivity index (χ1n) is 13.9. The van der Waals surface area contributed by atoms with Crippen molar-refractivity contribution in [1.29, 1.82) is 0 Å². The van der Waals surface area contributed by atoms with Gasteiger partial charge in [0.25, 0.3) is 5.91 Å². The summed E-state index contributed by atoms with van der Waals surface area (Å²) in [5.74, 6) is 0.207. The molecule has 4 aliphatic rings. The van der Waals surface area contributed by atoms with E-state index >= 15 is 0 Å². The maximum absolute atomic E-state index is 13.9. The Morgan fingerprint density at radius 2 is 1.69 bits per heavy atom. The first-order chi connectivity index (χ1) is 18.3. The van der Waals surface area contributed by atoms with Crippen LogP contribution in [0.4, 0.5) is 13.2 Å². The molecule has 1 N–H and O–H groups in total. The van der Waals surface area contributed by atoms with Gasteiger partial charge in [-0.1, -0.05) is 18.2 Å². The Kier molecular flexibility index (Phi) is 7.97. The molecule has 4 heterocycles. The van der Waals surface area contributed by atoms with Crippen molar-refractivity contribution >= 4 is 24.2 Å². The van der Waals surface area contributed by atoms with Gasteiger partial charge in [0.05, 0.1) is 41.1 Å². The van der Waals surface area contributed by atoms with Crippen molar-refractivity contribution in [3.8, 4) is 0 Å². The third kappa shape index (κ3) is 5.42. The number of likely N-dealkylation sites (tertiary alicyclic amines) is 2. The number of nitrogens with one attached hydrogen (secondary N) is 1. The summed E-state index contributed by atoms with van der Waals surface area (Å²) in [6.45, 7) is 2.65. The second kappa shape index (κ2) is 11.1. The SMILES string of the molecule is Cl.O=C(C1CCCN1)N1CCC(n2ncc(C(=O)N3CCCC3c3ccccc3C(F)(F)F)c2C2CC2)CC1. The molecule has 3 saturated heterocycles. The van der Waals surface area contributed by atoms with E-state index in [1.54, 1.807) is 17.2 Å². The van der Waals surface area contributed by atoms with Gasteiger partial charge < -0.3 is 15.1 Å². The van der Waals surface area contributed by atoms with Crippen molar-refractivity contribution in [2.45, 2.75) is 81.6 Å². The van der Waals surface area contributed by atoms with E-state index in [0.717, 1.165) is 56.8 Å². The van der Waals surface area contributed by atoms with Crippen molar-refractivity contribution < 1.29 is 22.8 Å². The zero-order chi connectivity index (χ0) is 26.4. The number of alkyl halides is 3. The minimum Gasteiger partial charge on any atom is -0.341 e. The van der Waals surface area contributed by atoms with E-state index in [9.17, 15) is 22.8 Å². The van der Waals surface area contributed by atoms with Gasteiger partial charge in [0.1, 0.15) is 0 Å². The van der Waals surface area contributed by atoms with E-state index in [0.29, 0.717) is 38.0 Å². The highest BCUT2D eigenvalue weighted by Crippen LogP contribution is 2.45. The molecular weight excluding hydrogens is 531 g/mol. The zero-order valence-corrected chi connectivity index (χ0v) is 22.6. The second-order valence-electron chi connectivity index (χ2n) is 11.1. The summed E-state index contributed by atoms with van der Waals surface area (Å²) < 4.78 is 43.3. The van der Waals surface area contributed by atoms with E-state index in [1.807, 2.05) is 9.58 Å². The molecular formula is C28H35ClF3N5O2. The molecule has 1 aromatic heterocycles. The predicted molar refractivity (Wildman–Crippen MR) is 142 cm³/mol. The number of rotatable bonds is 5. The minimum atomic E-state index is -4.47. The Morgan fingerprint density at radius 3 is 2.36 bits per heavy atom. The van der Waals surface area contributed by atoms with Crippen LogP contribution in [0.2, 0.25) is 0 Å². The third-order valence-electron chi connectivity index (χ3n) is 8.65. The van der Waals surface area contributed by atoms with E-state index in [2.05, 4.69) is 10.4 Å². The molecule has 39 heavy (non-hydrogen) atoms. The first kappa shape index (κ1) is 28.0. The number of carbonyl (C=O) groups excluding carboxylic acids is 2. The molecule has 2 aromatic rings. The lowest BCUT2D eigenvalue weighted by atomic mass is 9.97. The van der Waals surface area contributed by atoms with Crippen LogP contribution in [0.1, 0.15) is 96.5 Å². The van der Waals surface area contributed by atoms with Gasteiger partial charge in [-0.25, -0.2) is 0 Å². The predicted octanol–water partition coefficient (Wildman–Crippen LogP) is 5.09. The Balaban J connectivity index is 0.00000308. The number of carbonyl (C=O) groups is 2. The van der Waals surface area contributed by atoms with Crippen LogP contribution in [-0.2, 0) is 11.0 Å². The lowest BCUT2D eigenvalue weighted by Crippen LogP contribution is -2.47. The van der Waals surface area contributed by atoms with Crippen LogP contribution < -0.4 is 5.32 Å². The van der Waals surface area contributed by atoms with Gasteiger partial charge >= 0.3 is 6.18 Å². The lowest BCUT2D eigenvalue weighted by Gasteiger charge is -2.34. The molecule has 2 amide bonds. The molecule has 0 spiro atoms. The smallest absolute Gasteiger partial charge is 0.341 e. The second-order valence-corrected chi connectivity index (χ2v) is 11.1. The summed E-state index contributed by atoms with van der Waals surface area (Å²) in [4.78, 5) is 30.2. The fraction of sp³-hybridized carbons (Fsp3) is 0.607. The normalized spacial score (nSPS) is 24.2. The van der Waals surface area contributed by atoms with Gasteiger partial charge in [0.15, 0.2) is 0 Å². The molecule has 0 radical (unpaired) electrons. The Labute approximate surface area is 232 Å². The molecule has 4 fully saturated rings. The van der Waals surface area contributed by atoms with Crippen LogP contribution in [0.25, 0.3) is 0 Å². The highest BCUT2D eigenvalue weighted by molar-refractivity contribution is 5.96. The van der Waals surface area contributed by atoms with Gasteiger partial charge in [0, 0.05) is 25.6 Å². The quantitative estimate of drug-likeness (QED) is 0.548. The largest absolute Gasteiger partial charge is 0.416 e. The monoisotopic (exact) mass is 565 g/mol. The highest BCUT2D eigenvalue weighted by atomic mass is 35.5. The number of aromatic nitrogens is 2. The average Bonchev–Trinajstić information content (AvgIpc) is 3.32. The number of benzene rings is 1. The van der Waals surface area contributed by atoms with Crippen LogP contribution >= 0.6 is 12.4 Å². The molecule has 6 rings (SSSR count). The topological polar surface area (TPSA) is 70.5 Å². The van der Waals surface area contributed by atoms with E-state index in [1.165, 1.54) is 12.1 Å². The van der Waals surface area contributed by atoms with Gasteiger partial charge in [-0.2, -0.15) is 18.3 Å². The van der Waals surface area contributed by atoms with Gasteiger partial charge in [-0.15, -0.1) is 12.4 Å². The van der Waals surface area contributed by atoms with Crippen molar-refractivity contribution in [3.05, 3.63) is 52.8 Å². The number of hydrogen-bond acceptors (Lipinski definition) is 4. The van der Waals surface area contributed by atoms with Gasteiger partial charge in [-0.3, -0.25) is 14.3 Å². The summed E-state index contributed by atoms with van der Waals surface area (Å²) in [6.07, 6.45) is 3.77. The van der Waals surface area contributed by atoms with Crippen LogP contribution in [0.3, 0.4) is 0 Å². The maximum atomic E-state index is 13.9. The standard InChI is InChI=1S/C28H34F3N5O2.ClH/c29-28(30,31)22-6-2-1-5-20(22)24-8-4-14-35(24)26(37)21-17-33-36(25(21)18-9-10-18)19-11-15-34(16-12-19)27(38)23-7-3-13-32-23;/h1-2,5-6,17-19,23-24,32H,3-4,7-16H2;1H. The van der Waals surface area contributed by atoms with Gasteiger partial charge in [-0.05, 0) is 69.5 Å². The molecule has 212 valence electrons. The van der Waals surface area contributed by atoms with E-state index < -0.39 is 17.8 Å². The van der Waals surface area contributed by atoms with Crippen LogP contribution in [-0.4, -0.2) is 63.6 Å². The fourth-order valence-electron chi connectivity index (χ4n) is 6.57. The third-order valence-corrected chi connectivity index (χ3v) is 8.65. The summed E-state index contributed by atoms with van der Waals surface area (Å²) in [5, 5.41) is 7.95. The Morgan fingerprint density at radius 1 is 0.949 bits per heavy atom. The van der Waals surface area contributed by atoms with Crippen molar-refractivity contribution in [3.63, 3.8) is 0 Å². The Bertz CT molecular complexity index is 1200. The van der Waals surface area contributed by atoms with Crippen LogP contribution in [0.15, 0.2) is 30.5 Å². The maximum Gasteiger partial charge on any atom is 0.416 e. The molecule has 0 bridgehead atoms. The van der Waals surface area contributed by atoms with E-state index in [-0.39, 0.29) is 47.8 Å². The Hall–Kier alpha value is -2.59. The van der Waals surface area contributed by atoms with Crippen molar-refractivity contribution in [2.75, 3.05) is 26.2 Å². The number of amides is 2. The number of nitrogens with zero attached hydrogens (tertiary/aromatic N) is 4. The van der Waals surface area contributed by atoms with E-state index in [4.69, 9.17) is 0 Å². The molecule has 1 saturated carbocycles. The zero-order valence-electron chi connectivity index (χ0n) is 21.8. The number of hydrogen-bond donors (Lipinski definition) is 1. The van der Waals surface area contributed by atoms with Gasteiger partial charge in [0.2, 0.25) is 5.91 Å². The number of piperidine rings is 1. The molecule has 2 atom stereocenters.